The van der Waals surface area contributed by atoms with Crippen LogP contribution in [0, 0.1) is 0 Å². The lowest BCUT2D eigenvalue weighted by molar-refractivity contribution is -0.146. The average molecular weight is 323 g/mol. The van der Waals surface area contributed by atoms with Crippen LogP contribution in [0.5, 0.6) is 0 Å². The molecule has 0 fully saturated rings. The second-order valence-corrected chi connectivity index (χ2v) is 5.19. The summed E-state index contributed by atoms with van der Waals surface area (Å²) < 4.78 is 9.89. The van der Waals surface area contributed by atoms with E-state index in [1.54, 1.807) is 31.2 Å². The van der Waals surface area contributed by atoms with Gasteiger partial charge in [0.25, 0.3) is 0 Å². The summed E-state index contributed by atoms with van der Waals surface area (Å²) in [5.41, 5.74) is 1.33. The summed E-state index contributed by atoms with van der Waals surface area (Å²) in [5.74, 6) is -0.934. The van der Waals surface area contributed by atoms with Crippen molar-refractivity contribution in [1.29, 1.82) is 0 Å². The van der Waals surface area contributed by atoms with Crippen molar-refractivity contribution < 1.29 is 29.3 Å². The molecule has 2 unspecified atom stereocenters. The highest BCUT2D eigenvalue weighted by Gasteiger charge is 2.35. The van der Waals surface area contributed by atoms with Gasteiger partial charge >= 0.3 is 5.97 Å². The number of carbonyl (C=O) groups excluding carboxylic acids is 2. The van der Waals surface area contributed by atoms with Crippen molar-refractivity contribution in [3.63, 3.8) is 0 Å². The number of benzene rings is 1. The van der Waals surface area contributed by atoms with Crippen LogP contribution in [0.1, 0.15) is 36.9 Å². The molecule has 1 heterocycles. The van der Waals surface area contributed by atoms with Crippen LogP contribution in [0.2, 0.25) is 0 Å². The van der Waals surface area contributed by atoms with Crippen LogP contribution in [0.15, 0.2) is 24.3 Å². The third kappa shape index (κ3) is 4.35. The van der Waals surface area contributed by atoms with Gasteiger partial charge in [-0.15, -0.1) is 0 Å². The Kier molecular flexibility index (Phi) is 6.23. The van der Waals surface area contributed by atoms with E-state index in [1.165, 1.54) is 4.90 Å². The van der Waals surface area contributed by atoms with Crippen molar-refractivity contribution in [3.8, 4) is 0 Å². The number of Topliss-reactive ketones (excluding diaryl/α,β-unsaturated/α-hetero) is 1. The highest BCUT2D eigenvalue weighted by molar-refractivity contribution is 5.96. The summed E-state index contributed by atoms with van der Waals surface area (Å²) >= 11 is 0. The summed E-state index contributed by atoms with van der Waals surface area (Å²) in [6.07, 6.45) is -2.12. The highest BCUT2D eigenvalue weighted by Crippen LogP contribution is 2.38. The van der Waals surface area contributed by atoms with Gasteiger partial charge in [-0.2, -0.15) is 0 Å². The van der Waals surface area contributed by atoms with E-state index in [-0.39, 0.29) is 38.6 Å². The van der Waals surface area contributed by atoms with Gasteiger partial charge in [0, 0.05) is 17.7 Å². The molecule has 0 spiro atoms. The van der Waals surface area contributed by atoms with Crippen LogP contribution >= 0.6 is 0 Å². The minimum Gasteiger partial charge on any atom is -0.466 e. The maximum atomic E-state index is 11.5. The van der Waals surface area contributed by atoms with Crippen LogP contribution in [0.4, 0.5) is 0 Å². The first-order valence-corrected chi connectivity index (χ1v) is 7.50. The molecule has 0 saturated heterocycles. The van der Waals surface area contributed by atoms with E-state index in [0.717, 1.165) is 0 Å². The van der Waals surface area contributed by atoms with Crippen molar-refractivity contribution >= 4 is 11.8 Å². The quantitative estimate of drug-likeness (QED) is 0.409. The molecule has 7 nitrogen and oxygen atoms in total. The van der Waals surface area contributed by atoms with E-state index < -0.39 is 18.4 Å². The molecule has 2 N–H and O–H groups in total. The smallest absolute Gasteiger partial charge is 0.313 e. The van der Waals surface area contributed by atoms with Gasteiger partial charge in [0.2, 0.25) is 0 Å². The number of aliphatic hydroxyl groups is 2. The van der Waals surface area contributed by atoms with Gasteiger partial charge in [-0.3, -0.25) is 9.59 Å². The predicted octanol–water partition coefficient (Wildman–Crippen LogP) is 0.523. The molecule has 1 aliphatic heterocycles. The second-order valence-electron chi connectivity index (χ2n) is 5.19. The fraction of sp³-hybridized carbons (Fsp3) is 0.500. The number of fused-ring (bicyclic) bond motifs is 1. The molecule has 0 saturated carbocycles. The van der Waals surface area contributed by atoms with Gasteiger partial charge in [0.05, 0.1) is 13.2 Å². The van der Waals surface area contributed by atoms with Crippen LogP contribution in [-0.2, 0) is 19.1 Å². The Labute approximate surface area is 134 Å². The largest absolute Gasteiger partial charge is 0.466 e. The Balaban J connectivity index is 1.73. The van der Waals surface area contributed by atoms with Crippen molar-refractivity contribution in [2.45, 2.75) is 25.8 Å². The number of hydrogen-bond donors (Lipinski definition) is 2. The number of ether oxygens (including phenoxy) is 2. The van der Waals surface area contributed by atoms with Gasteiger partial charge in [-0.05, 0) is 6.92 Å². The fourth-order valence-corrected chi connectivity index (χ4v) is 2.50. The lowest BCUT2D eigenvalue weighted by Crippen LogP contribution is -2.30. The average Bonchev–Trinajstić information content (AvgIpc) is 2.76. The zero-order valence-electron chi connectivity index (χ0n) is 13.0. The van der Waals surface area contributed by atoms with E-state index >= 15 is 0 Å². The zero-order valence-corrected chi connectivity index (χ0v) is 13.0. The molecule has 2 rings (SSSR count). The Morgan fingerprint density at radius 3 is 2.35 bits per heavy atom. The Morgan fingerprint density at radius 2 is 1.78 bits per heavy atom. The van der Waals surface area contributed by atoms with Gasteiger partial charge in [-0.1, -0.05) is 24.3 Å². The topological polar surface area (TPSA) is 96.3 Å². The lowest BCUT2D eigenvalue weighted by Gasteiger charge is -2.23. The molecule has 0 aromatic heterocycles. The molecule has 1 aliphatic rings. The van der Waals surface area contributed by atoms with E-state index in [2.05, 4.69) is 4.74 Å². The molecule has 1 aromatic rings. The van der Waals surface area contributed by atoms with Gasteiger partial charge < -0.3 is 19.7 Å². The molecule has 0 bridgehead atoms. The Hall–Kier alpha value is -1.80. The third-order valence-electron chi connectivity index (χ3n) is 3.58. The zero-order chi connectivity index (χ0) is 16.8. The summed E-state index contributed by atoms with van der Waals surface area (Å²) in [5, 5.41) is 20.4. The van der Waals surface area contributed by atoms with Crippen LogP contribution < -0.4 is 0 Å². The first kappa shape index (κ1) is 17.6. The maximum Gasteiger partial charge on any atom is 0.313 e. The molecule has 1 aromatic carbocycles. The van der Waals surface area contributed by atoms with E-state index in [1.807, 2.05) is 0 Å². The minimum atomic E-state index is -0.903. The van der Waals surface area contributed by atoms with Crippen molar-refractivity contribution in [3.05, 3.63) is 35.4 Å². The van der Waals surface area contributed by atoms with Crippen molar-refractivity contribution in [1.82, 2.24) is 4.90 Å². The number of carbonyl (C=O) groups is 2. The molecular formula is C16H21NO6. The molecule has 0 radical (unpaired) electrons. The van der Waals surface area contributed by atoms with Crippen LogP contribution in [0.3, 0.4) is 0 Å². The number of nitrogens with zero attached hydrogens (tertiary/aromatic N) is 1. The SMILES string of the molecule is CCOC(=O)CC(=O)COCCN1C(O)c2ccccc2C1O. The third-order valence-corrected chi connectivity index (χ3v) is 3.58. The number of esters is 1. The number of hydrogen-bond acceptors (Lipinski definition) is 7. The van der Waals surface area contributed by atoms with E-state index in [9.17, 15) is 19.8 Å². The lowest BCUT2D eigenvalue weighted by atomic mass is 10.1. The summed E-state index contributed by atoms with van der Waals surface area (Å²) in [6.45, 7) is 2.11. The van der Waals surface area contributed by atoms with Crippen LogP contribution in [-0.4, -0.2) is 53.2 Å². The van der Waals surface area contributed by atoms with Crippen molar-refractivity contribution in [2.75, 3.05) is 26.4 Å². The first-order valence-electron chi connectivity index (χ1n) is 7.50. The van der Waals surface area contributed by atoms with Gasteiger partial charge in [0.15, 0.2) is 5.78 Å². The first-order chi connectivity index (χ1) is 11.0. The second kappa shape index (κ2) is 8.16. The van der Waals surface area contributed by atoms with Gasteiger partial charge in [0.1, 0.15) is 25.5 Å². The summed E-state index contributed by atoms with van der Waals surface area (Å²) in [7, 11) is 0. The standard InChI is InChI=1S/C16H21NO6/c1-2-23-14(19)9-11(18)10-22-8-7-17-15(20)12-5-3-4-6-13(12)16(17)21/h3-6,15-16,20-21H,2,7-10H2,1H3. The molecular weight excluding hydrogens is 302 g/mol. The molecule has 126 valence electrons. The number of ketones is 1. The number of rotatable bonds is 8. The Bertz CT molecular complexity index is 532. The molecule has 0 aliphatic carbocycles. The van der Waals surface area contributed by atoms with E-state index in [4.69, 9.17) is 4.74 Å². The summed E-state index contributed by atoms with van der Waals surface area (Å²) in [4.78, 5) is 24.1. The highest BCUT2D eigenvalue weighted by atomic mass is 16.5. The predicted molar refractivity (Wildman–Crippen MR) is 80.1 cm³/mol. The molecule has 7 heteroatoms. The van der Waals surface area contributed by atoms with E-state index in [0.29, 0.717) is 11.1 Å². The molecule has 23 heavy (non-hydrogen) atoms. The minimum absolute atomic E-state index is 0.149. The number of aliphatic hydroxyl groups excluding tert-OH is 2. The maximum absolute atomic E-state index is 11.5. The summed E-state index contributed by atoms with van der Waals surface area (Å²) in [6, 6.07) is 7.10. The monoisotopic (exact) mass is 323 g/mol. The fourth-order valence-electron chi connectivity index (χ4n) is 2.50. The van der Waals surface area contributed by atoms with Crippen molar-refractivity contribution in [2.24, 2.45) is 0 Å². The normalized spacial score (nSPS) is 20.3. The Morgan fingerprint density at radius 1 is 1.17 bits per heavy atom. The molecule has 2 atom stereocenters. The van der Waals surface area contributed by atoms with Gasteiger partial charge in [-0.25, -0.2) is 4.90 Å². The van der Waals surface area contributed by atoms with Crippen LogP contribution in [0.25, 0.3) is 0 Å². The molecule has 0 amide bonds.